The first kappa shape index (κ1) is 45.4. The summed E-state index contributed by atoms with van der Waals surface area (Å²) in [6.07, 6.45) is 0. The Bertz CT molecular complexity index is 4220. The Hall–Kier alpha value is -9.59. The van der Waals surface area contributed by atoms with Crippen molar-refractivity contribution in [1.82, 2.24) is 0 Å². The summed E-state index contributed by atoms with van der Waals surface area (Å²) in [4.78, 5) is 4.99. The molecule has 17 rings (SSSR count). The molecule has 9 heteroatoms. The first-order valence-corrected chi connectivity index (χ1v) is 27.8. The van der Waals surface area contributed by atoms with Crippen LogP contribution in [0.4, 0.5) is 34.1 Å². The smallest absolute Gasteiger partial charge is 0.261 e. The van der Waals surface area contributed by atoms with Crippen molar-refractivity contribution >= 4 is 103 Å². The van der Waals surface area contributed by atoms with Gasteiger partial charge in [-0.2, -0.15) is 0 Å². The topological polar surface area (TPSA) is 43.4 Å². The molecular weight excluding hydrogens is 977 g/mol. The van der Waals surface area contributed by atoms with Gasteiger partial charge in [0.15, 0.2) is 0 Å². The van der Waals surface area contributed by atoms with E-state index in [1.807, 2.05) is 0 Å². The lowest BCUT2D eigenvalue weighted by Gasteiger charge is -2.47. The highest BCUT2D eigenvalue weighted by Gasteiger charge is 2.54. The second-order valence-corrected chi connectivity index (χ2v) is 22.6. The van der Waals surface area contributed by atoms with E-state index in [1.165, 1.54) is 27.7 Å². The molecule has 80 heavy (non-hydrogen) atoms. The molecule has 6 nitrogen and oxygen atoms in total. The molecule has 0 saturated heterocycles. The van der Waals surface area contributed by atoms with Gasteiger partial charge in [-0.1, -0.05) is 146 Å². The molecule has 0 aromatic heterocycles. The standard InChI is InChI=1S/C71H49B3N2O4/c1-40-30-41(2)33-47(32-40)75-55-36-44(5)37-56-63(55)74(64-57(75)38-61-66-70(64)77-59-28-14-12-24-51(59)72(66)53-26-16-22-49(68(53)79-61)45-18-8-6-9-19-45)65-58(76(56)48-34-42(3)31-43(4)35-48)39-62-67-71(65)78-60-29-15-13-25-52(60)73(67)54-27-17-23-50(69(54)80-62)46-20-10-7-11-21-46/h6-39H,1-5H3. The van der Waals surface area contributed by atoms with Crippen LogP contribution in [0, 0.1) is 34.6 Å². The quantitative estimate of drug-likeness (QED) is 0.164. The minimum absolute atomic E-state index is 0.191. The Labute approximate surface area is 466 Å². The van der Waals surface area contributed by atoms with Crippen LogP contribution < -0.4 is 77.9 Å². The molecule has 0 aliphatic carbocycles. The van der Waals surface area contributed by atoms with E-state index < -0.39 is 6.71 Å². The molecule has 0 fully saturated rings. The van der Waals surface area contributed by atoms with Crippen molar-refractivity contribution in [1.29, 1.82) is 0 Å². The summed E-state index contributed by atoms with van der Waals surface area (Å²) in [5.74, 6) is 6.58. The molecule has 0 saturated carbocycles. The Morgan fingerprint density at radius 1 is 0.275 bits per heavy atom. The molecule has 11 aromatic rings. The summed E-state index contributed by atoms with van der Waals surface area (Å²) < 4.78 is 30.4. The summed E-state index contributed by atoms with van der Waals surface area (Å²) in [5.41, 5.74) is 26.3. The van der Waals surface area contributed by atoms with Crippen LogP contribution in [-0.4, -0.2) is 20.1 Å². The first-order chi connectivity index (χ1) is 39.2. The van der Waals surface area contributed by atoms with Gasteiger partial charge in [0.25, 0.3) is 20.1 Å². The van der Waals surface area contributed by atoms with E-state index in [4.69, 9.17) is 18.9 Å². The van der Waals surface area contributed by atoms with Gasteiger partial charge in [-0.3, -0.25) is 0 Å². The highest BCUT2D eigenvalue weighted by atomic mass is 16.5. The van der Waals surface area contributed by atoms with Gasteiger partial charge in [0.1, 0.15) is 46.0 Å². The van der Waals surface area contributed by atoms with Crippen molar-refractivity contribution in [2.24, 2.45) is 0 Å². The SMILES string of the molecule is Cc1cc(C)cc(N2c3cc(C)cc4c3B(c3c2cc2c5c3Oc3ccccc3B5c3cccc(-c5ccccc5)c3O2)c2c(cc3c5c2Oc2ccccc2B5c2cccc(-c5ccccc5)c2O3)N4c2cc(C)cc(C)c2)c1. The third kappa shape index (κ3) is 6.40. The normalized spacial score (nSPS) is 13.8. The number of ether oxygens (including phenoxy) is 4. The average Bonchev–Trinajstić information content (AvgIpc) is 3.64. The fraction of sp³-hybridized carbons (Fsp3) is 0.0704. The molecule has 6 heterocycles. The maximum absolute atomic E-state index is 7.67. The largest absolute Gasteiger partial charge is 0.459 e. The molecular formula is C71H49B3N2O4. The van der Waals surface area contributed by atoms with Crippen molar-refractivity contribution in [3.8, 4) is 68.2 Å². The number of fused-ring (bicyclic) bond motifs is 14. The zero-order valence-corrected chi connectivity index (χ0v) is 44.9. The van der Waals surface area contributed by atoms with Gasteiger partial charge < -0.3 is 28.7 Å². The Morgan fingerprint density at radius 3 is 1.07 bits per heavy atom. The number of hydrogen-bond donors (Lipinski definition) is 0. The maximum Gasteiger partial charge on any atom is 0.261 e. The molecule has 0 amide bonds. The van der Waals surface area contributed by atoms with Crippen molar-refractivity contribution in [3.63, 3.8) is 0 Å². The third-order valence-electron chi connectivity index (χ3n) is 17.4. The lowest BCUT2D eigenvalue weighted by Crippen LogP contribution is -2.66. The monoisotopic (exact) mass is 1030 g/mol. The number of para-hydroxylation sites is 4. The first-order valence-electron chi connectivity index (χ1n) is 27.8. The van der Waals surface area contributed by atoms with Crippen LogP contribution in [0.5, 0.6) is 46.0 Å². The van der Waals surface area contributed by atoms with Gasteiger partial charge in [-0.25, -0.2) is 0 Å². The van der Waals surface area contributed by atoms with Crippen molar-refractivity contribution < 1.29 is 18.9 Å². The lowest BCUT2D eigenvalue weighted by atomic mass is 9.28. The predicted octanol–water partition coefficient (Wildman–Crippen LogP) is 12.1. The van der Waals surface area contributed by atoms with E-state index in [1.54, 1.807) is 0 Å². The van der Waals surface area contributed by atoms with Gasteiger partial charge in [-0.05, 0) is 160 Å². The van der Waals surface area contributed by atoms with Crippen LogP contribution >= 0.6 is 0 Å². The maximum atomic E-state index is 7.67. The minimum atomic E-state index is -0.401. The fourth-order valence-corrected chi connectivity index (χ4v) is 14.5. The predicted molar refractivity (Wildman–Crippen MR) is 330 cm³/mol. The van der Waals surface area contributed by atoms with Gasteiger partial charge >= 0.3 is 0 Å². The summed E-state index contributed by atoms with van der Waals surface area (Å²) in [7, 11) is 0. The summed E-state index contributed by atoms with van der Waals surface area (Å²) in [5, 5.41) is 0. The van der Waals surface area contributed by atoms with E-state index in [0.29, 0.717) is 0 Å². The number of anilines is 6. The molecule has 0 bridgehead atoms. The number of nitrogens with zero attached hydrogens (tertiary/aromatic N) is 2. The number of aryl methyl sites for hydroxylation is 5. The molecule has 6 aliphatic rings. The van der Waals surface area contributed by atoms with Gasteiger partial charge in [0.05, 0.1) is 0 Å². The van der Waals surface area contributed by atoms with E-state index in [-0.39, 0.29) is 13.4 Å². The Balaban J connectivity index is 1.02. The number of hydrogen-bond acceptors (Lipinski definition) is 6. The van der Waals surface area contributed by atoms with Crippen molar-refractivity contribution in [2.75, 3.05) is 9.80 Å². The molecule has 0 unspecified atom stereocenters. The van der Waals surface area contributed by atoms with Crippen LogP contribution in [0.3, 0.4) is 0 Å². The number of benzene rings is 11. The second kappa shape index (κ2) is 16.7. The van der Waals surface area contributed by atoms with Crippen molar-refractivity contribution in [2.45, 2.75) is 34.6 Å². The van der Waals surface area contributed by atoms with Gasteiger partial charge in [-0.15, -0.1) is 0 Å². The molecule has 0 radical (unpaired) electrons. The highest BCUT2D eigenvalue weighted by Crippen LogP contribution is 2.52. The molecule has 6 aliphatic heterocycles. The second-order valence-electron chi connectivity index (χ2n) is 22.6. The third-order valence-corrected chi connectivity index (χ3v) is 17.4. The lowest BCUT2D eigenvalue weighted by molar-refractivity contribution is 0.467. The Kier molecular flexibility index (Phi) is 9.49. The molecule has 0 atom stereocenters. The summed E-state index contributed by atoms with van der Waals surface area (Å²) in [6, 6.07) is 74.9. The average molecular weight is 1030 g/mol. The minimum Gasteiger partial charge on any atom is -0.459 e. The van der Waals surface area contributed by atoms with Crippen LogP contribution in [0.2, 0.25) is 0 Å². The van der Waals surface area contributed by atoms with Crippen LogP contribution in [0.25, 0.3) is 22.3 Å². The van der Waals surface area contributed by atoms with Gasteiger partial charge in [0, 0.05) is 68.3 Å². The Morgan fingerprint density at radius 2 is 0.637 bits per heavy atom. The fourth-order valence-electron chi connectivity index (χ4n) is 14.5. The molecule has 0 N–H and O–H groups in total. The summed E-state index contributed by atoms with van der Waals surface area (Å²) in [6.45, 7) is 10.2. The van der Waals surface area contributed by atoms with Crippen LogP contribution in [0.1, 0.15) is 27.8 Å². The molecule has 11 aromatic carbocycles. The summed E-state index contributed by atoms with van der Waals surface area (Å²) >= 11 is 0. The van der Waals surface area contributed by atoms with E-state index in [0.717, 1.165) is 152 Å². The van der Waals surface area contributed by atoms with Gasteiger partial charge in [0.2, 0.25) is 0 Å². The molecule has 0 spiro atoms. The zero-order valence-electron chi connectivity index (χ0n) is 44.9. The highest BCUT2D eigenvalue weighted by molar-refractivity contribution is 7.05. The van der Waals surface area contributed by atoms with Crippen molar-refractivity contribution in [3.05, 3.63) is 234 Å². The molecule has 376 valence electrons. The van der Waals surface area contributed by atoms with E-state index >= 15 is 0 Å². The number of rotatable bonds is 4. The van der Waals surface area contributed by atoms with E-state index in [2.05, 4.69) is 251 Å². The van der Waals surface area contributed by atoms with Crippen LogP contribution in [0.15, 0.2) is 206 Å². The van der Waals surface area contributed by atoms with Crippen LogP contribution in [-0.2, 0) is 0 Å². The zero-order chi connectivity index (χ0) is 53.2. The van der Waals surface area contributed by atoms with E-state index in [9.17, 15) is 0 Å².